The quantitative estimate of drug-likeness (QED) is 0.714. The van der Waals surface area contributed by atoms with Crippen molar-refractivity contribution >= 4 is 23.5 Å². The zero-order valence-electron chi connectivity index (χ0n) is 17.8. The molecule has 30 heavy (non-hydrogen) atoms. The highest BCUT2D eigenvalue weighted by molar-refractivity contribution is 6.04. The number of nitrogens with one attached hydrogen (secondary N) is 1. The predicted octanol–water partition coefficient (Wildman–Crippen LogP) is 3.07. The molecule has 164 valence electrons. The van der Waals surface area contributed by atoms with E-state index in [9.17, 15) is 19.5 Å². The van der Waals surface area contributed by atoms with Gasteiger partial charge in [0.1, 0.15) is 0 Å². The van der Waals surface area contributed by atoms with Crippen LogP contribution in [0.3, 0.4) is 0 Å². The number of hydrogen-bond acceptors (Lipinski definition) is 4. The summed E-state index contributed by atoms with van der Waals surface area (Å²) in [5.74, 6) is -2.51. The molecule has 0 radical (unpaired) electrons. The van der Waals surface area contributed by atoms with Crippen LogP contribution in [0.5, 0.6) is 0 Å². The van der Waals surface area contributed by atoms with E-state index >= 15 is 0 Å². The number of hydrogen-bond donors (Lipinski definition) is 2. The number of piperazine rings is 1. The number of rotatable bonds is 7. The van der Waals surface area contributed by atoms with Crippen LogP contribution in [0.2, 0.25) is 0 Å². The number of anilines is 1. The molecule has 2 fully saturated rings. The van der Waals surface area contributed by atoms with Crippen LogP contribution in [0.25, 0.3) is 0 Å². The van der Waals surface area contributed by atoms with E-state index in [1.54, 1.807) is 24.3 Å². The summed E-state index contributed by atoms with van der Waals surface area (Å²) in [5.41, 5.74) is 0.936. The maximum Gasteiger partial charge on any atom is 0.307 e. The molecule has 0 spiro atoms. The molecule has 1 aromatic carbocycles. The molecule has 2 N–H and O–H groups in total. The summed E-state index contributed by atoms with van der Waals surface area (Å²) in [5, 5.41) is 12.3. The molecule has 1 saturated carbocycles. The fourth-order valence-corrected chi connectivity index (χ4v) is 4.47. The average Bonchev–Trinajstić information content (AvgIpc) is 2.78. The van der Waals surface area contributed by atoms with Crippen LogP contribution in [-0.2, 0) is 9.59 Å². The van der Waals surface area contributed by atoms with Crippen molar-refractivity contribution in [3.05, 3.63) is 29.8 Å². The van der Waals surface area contributed by atoms with E-state index in [-0.39, 0.29) is 11.8 Å². The number of carbonyl (C=O) groups excluding carboxylic acids is 2. The van der Waals surface area contributed by atoms with Crippen molar-refractivity contribution in [2.75, 3.05) is 38.0 Å². The number of amides is 2. The highest BCUT2D eigenvalue weighted by atomic mass is 16.4. The zero-order chi connectivity index (χ0) is 21.5. The minimum Gasteiger partial charge on any atom is -0.481 e. The van der Waals surface area contributed by atoms with Crippen molar-refractivity contribution in [3.8, 4) is 0 Å². The Morgan fingerprint density at radius 2 is 1.70 bits per heavy atom. The summed E-state index contributed by atoms with van der Waals surface area (Å²) in [6.07, 6.45) is 5.11. The van der Waals surface area contributed by atoms with Gasteiger partial charge in [-0.3, -0.25) is 19.3 Å². The number of aliphatic carboxylic acids is 1. The first-order valence-electron chi connectivity index (χ1n) is 11.2. The number of unbranched alkanes of at least 4 members (excludes halogenated alkanes) is 1. The molecule has 0 bridgehead atoms. The first kappa shape index (κ1) is 22.3. The van der Waals surface area contributed by atoms with Crippen LogP contribution in [0.15, 0.2) is 24.3 Å². The molecule has 1 aliphatic carbocycles. The molecule has 2 atom stereocenters. The van der Waals surface area contributed by atoms with Gasteiger partial charge in [-0.25, -0.2) is 0 Å². The summed E-state index contributed by atoms with van der Waals surface area (Å²) < 4.78 is 0. The standard InChI is InChI=1S/C23H33N3O4/c1-2-3-12-25-13-15-26(16-14-25)22(28)19-10-6-7-11-20(19)24-21(27)17-8-4-5-9-18(17)23(29)30/h6-7,10-11,17-18H,2-5,8-9,12-16H2,1H3,(H,24,27)(H,29,30)/t17-,18+/m0/s1. The lowest BCUT2D eigenvalue weighted by molar-refractivity contribution is -0.147. The van der Waals surface area contributed by atoms with Crippen LogP contribution in [0, 0.1) is 11.8 Å². The minimum absolute atomic E-state index is 0.0838. The highest BCUT2D eigenvalue weighted by Crippen LogP contribution is 2.31. The van der Waals surface area contributed by atoms with E-state index < -0.39 is 17.8 Å². The molecule has 1 heterocycles. The van der Waals surface area contributed by atoms with E-state index in [0.29, 0.717) is 37.2 Å². The Morgan fingerprint density at radius 3 is 2.37 bits per heavy atom. The molecule has 1 aliphatic heterocycles. The van der Waals surface area contributed by atoms with Crippen LogP contribution >= 0.6 is 0 Å². The summed E-state index contributed by atoms with van der Waals surface area (Å²) in [7, 11) is 0. The third-order valence-electron chi connectivity index (χ3n) is 6.32. The second kappa shape index (κ2) is 10.6. The van der Waals surface area contributed by atoms with Gasteiger partial charge in [0.05, 0.1) is 23.1 Å². The Balaban J connectivity index is 1.66. The van der Waals surface area contributed by atoms with E-state index in [1.165, 1.54) is 6.42 Å². The molecule has 0 aromatic heterocycles. The van der Waals surface area contributed by atoms with Crippen molar-refractivity contribution in [3.63, 3.8) is 0 Å². The number of benzene rings is 1. The average molecular weight is 416 g/mol. The molecule has 2 amide bonds. The van der Waals surface area contributed by atoms with E-state index in [4.69, 9.17) is 0 Å². The van der Waals surface area contributed by atoms with Gasteiger partial charge >= 0.3 is 5.97 Å². The Hall–Kier alpha value is -2.41. The van der Waals surface area contributed by atoms with Gasteiger partial charge in [0.2, 0.25) is 5.91 Å². The Kier molecular flexibility index (Phi) is 7.85. The van der Waals surface area contributed by atoms with Crippen molar-refractivity contribution in [1.82, 2.24) is 9.80 Å². The topological polar surface area (TPSA) is 90.0 Å². The number of para-hydroxylation sites is 1. The van der Waals surface area contributed by atoms with Crippen LogP contribution < -0.4 is 5.32 Å². The third-order valence-corrected chi connectivity index (χ3v) is 6.32. The molecule has 0 unspecified atom stereocenters. The van der Waals surface area contributed by atoms with Crippen LogP contribution in [-0.4, -0.2) is 65.4 Å². The zero-order valence-corrected chi connectivity index (χ0v) is 17.8. The molecular formula is C23H33N3O4. The van der Waals surface area contributed by atoms with Gasteiger partial charge < -0.3 is 15.3 Å². The number of carboxylic acids is 1. The van der Waals surface area contributed by atoms with E-state index in [1.807, 2.05) is 4.90 Å². The Bertz CT molecular complexity index is 759. The minimum atomic E-state index is -0.917. The second-order valence-corrected chi connectivity index (χ2v) is 8.36. The smallest absolute Gasteiger partial charge is 0.307 e. The monoisotopic (exact) mass is 415 g/mol. The number of nitrogens with zero attached hydrogens (tertiary/aromatic N) is 2. The fraction of sp³-hybridized carbons (Fsp3) is 0.609. The molecule has 2 aliphatic rings. The molecule has 7 nitrogen and oxygen atoms in total. The lowest BCUT2D eigenvalue weighted by atomic mass is 9.78. The van der Waals surface area contributed by atoms with Gasteiger partial charge in [-0.15, -0.1) is 0 Å². The second-order valence-electron chi connectivity index (χ2n) is 8.36. The maximum absolute atomic E-state index is 13.1. The lowest BCUT2D eigenvalue weighted by Crippen LogP contribution is -2.49. The molecule has 7 heteroatoms. The van der Waals surface area contributed by atoms with Crippen molar-refractivity contribution in [2.24, 2.45) is 11.8 Å². The maximum atomic E-state index is 13.1. The van der Waals surface area contributed by atoms with Gasteiger partial charge in [-0.05, 0) is 37.9 Å². The van der Waals surface area contributed by atoms with E-state index in [0.717, 1.165) is 38.9 Å². The molecular weight excluding hydrogens is 382 g/mol. The van der Waals surface area contributed by atoms with Crippen molar-refractivity contribution in [1.29, 1.82) is 0 Å². The summed E-state index contributed by atoms with van der Waals surface area (Å²) in [4.78, 5) is 41.8. The number of carbonyl (C=O) groups is 3. The van der Waals surface area contributed by atoms with Gasteiger partial charge in [0.25, 0.3) is 5.91 Å². The SMILES string of the molecule is CCCCN1CCN(C(=O)c2ccccc2NC(=O)[C@H]2CCCC[C@H]2C(=O)O)CC1. The van der Waals surface area contributed by atoms with Gasteiger partial charge in [0, 0.05) is 26.2 Å². The summed E-state index contributed by atoms with van der Waals surface area (Å²) in [6.45, 7) is 6.32. The van der Waals surface area contributed by atoms with Gasteiger partial charge in [0.15, 0.2) is 0 Å². The normalized spacial score (nSPS) is 22.5. The third kappa shape index (κ3) is 5.39. The first-order valence-corrected chi connectivity index (χ1v) is 11.2. The van der Waals surface area contributed by atoms with Gasteiger partial charge in [-0.2, -0.15) is 0 Å². The van der Waals surface area contributed by atoms with Crippen molar-refractivity contribution in [2.45, 2.75) is 45.4 Å². The Morgan fingerprint density at radius 1 is 1.03 bits per heavy atom. The highest BCUT2D eigenvalue weighted by Gasteiger charge is 2.36. The summed E-state index contributed by atoms with van der Waals surface area (Å²) >= 11 is 0. The first-order chi connectivity index (χ1) is 14.5. The Labute approximate surface area is 178 Å². The number of carboxylic acid groups (broad SMARTS) is 1. The van der Waals surface area contributed by atoms with E-state index in [2.05, 4.69) is 17.1 Å². The predicted molar refractivity (Wildman–Crippen MR) is 115 cm³/mol. The lowest BCUT2D eigenvalue weighted by Gasteiger charge is -2.35. The largest absolute Gasteiger partial charge is 0.481 e. The fourth-order valence-electron chi connectivity index (χ4n) is 4.47. The van der Waals surface area contributed by atoms with Crippen LogP contribution in [0.4, 0.5) is 5.69 Å². The van der Waals surface area contributed by atoms with Crippen LogP contribution in [0.1, 0.15) is 55.8 Å². The molecule has 3 rings (SSSR count). The molecule has 1 saturated heterocycles. The summed E-state index contributed by atoms with van der Waals surface area (Å²) in [6, 6.07) is 7.03. The molecule has 1 aromatic rings. The van der Waals surface area contributed by atoms with Crippen molar-refractivity contribution < 1.29 is 19.5 Å². The van der Waals surface area contributed by atoms with Gasteiger partial charge in [-0.1, -0.05) is 38.3 Å².